The predicted octanol–water partition coefficient (Wildman–Crippen LogP) is 0.788. The highest BCUT2D eigenvalue weighted by atomic mass is 16.3. The van der Waals surface area contributed by atoms with Crippen molar-refractivity contribution in [1.29, 1.82) is 0 Å². The van der Waals surface area contributed by atoms with Crippen LogP contribution in [-0.2, 0) is 9.59 Å². The van der Waals surface area contributed by atoms with E-state index in [1.54, 1.807) is 13.8 Å². The summed E-state index contributed by atoms with van der Waals surface area (Å²) in [6.45, 7) is 7.15. The van der Waals surface area contributed by atoms with E-state index >= 15 is 0 Å². The Bertz CT molecular complexity index is 266. The summed E-state index contributed by atoms with van der Waals surface area (Å²) < 4.78 is 0. The standard InChI is InChI=1S/C11H19NO3/c1-7-8(2)10(15)12(9(7)14)11(3,4)5-6-13/h7-8,13H,5-6H2,1-4H3. The molecule has 1 saturated heterocycles. The van der Waals surface area contributed by atoms with E-state index in [-0.39, 0.29) is 30.3 Å². The summed E-state index contributed by atoms with van der Waals surface area (Å²) in [5.74, 6) is -0.720. The van der Waals surface area contributed by atoms with E-state index < -0.39 is 5.54 Å². The molecule has 0 aliphatic carbocycles. The van der Waals surface area contributed by atoms with Crippen molar-refractivity contribution < 1.29 is 14.7 Å². The Morgan fingerprint density at radius 2 is 1.60 bits per heavy atom. The molecule has 1 aliphatic rings. The molecule has 0 bridgehead atoms. The van der Waals surface area contributed by atoms with Crippen molar-refractivity contribution in [3.05, 3.63) is 0 Å². The van der Waals surface area contributed by atoms with E-state index in [1.807, 2.05) is 13.8 Å². The maximum Gasteiger partial charge on any atom is 0.233 e. The Hall–Kier alpha value is -0.900. The minimum absolute atomic E-state index is 0.0210. The number of nitrogens with zero attached hydrogens (tertiary/aromatic N) is 1. The van der Waals surface area contributed by atoms with E-state index in [1.165, 1.54) is 4.90 Å². The van der Waals surface area contributed by atoms with Gasteiger partial charge >= 0.3 is 0 Å². The number of hydrogen-bond donors (Lipinski definition) is 1. The first-order valence-electron chi connectivity index (χ1n) is 5.31. The van der Waals surface area contributed by atoms with E-state index in [4.69, 9.17) is 5.11 Å². The third-order valence-corrected chi connectivity index (χ3v) is 3.30. The zero-order chi connectivity index (χ0) is 11.8. The molecular weight excluding hydrogens is 194 g/mol. The summed E-state index contributed by atoms with van der Waals surface area (Å²) >= 11 is 0. The molecule has 0 aromatic heterocycles. The summed E-state index contributed by atoms with van der Waals surface area (Å²) in [6, 6.07) is 0. The summed E-state index contributed by atoms with van der Waals surface area (Å²) in [7, 11) is 0. The molecule has 86 valence electrons. The molecule has 0 spiro atoms. The van der Waals surface area contributed by atoms with Crippen LogP contribution in [0, 0.1) is 11.8 Å². The monoisotopic (exact) mass is 213 g/mol. The SMILES string of the molecule is CC1C(=O)N(C(C)(C)CCO)C(=O)C1C. The molecular formula is C11H19NO3. The van der Waals surface area contributed by atoms with E-state index in [0.717, 1.165) is 0 Å². The van der Waals surface area contributed by atoms with Crippen molar-refractivity contribution in [2.24, 2.45) is 11.8 Å². The second-order valence-electron chi connectivity index (χ2n) is 4.88. The van der Waals surface area contributed by atoms with Crippen LogP contribution in [0.3, 0.4) is 0 Å². The molecule has 15 heavy (non-hydrogen) atoms. The lowest BCUT2D eigenvalue weighted by Crippen LogP contribution is -2.48. The normalized spacial score (nSPS) is 27.7. The third kappa shape index (κ3) is 1.91. The maximum atomic E-state index is 11.9. The van der Waals surface area contributed by atoms with Crippen LogP contribution < -0.4 is 0 Å². The fourth-order valence-corrected chi connectivity index (χ4v) is 1.93. The van der Waals surface area contributed by atoms with Crippen molar-refractivity contribution in [3.8, 4) is 0 Å². The lowest BCUT2D eigenvalue weighted by atomic mass is 9.99. The molecule has 2 amide bonds. The summed E-state index contributed by atoms with van der Waals surface area (Å²) in [5.41, 5.74) is -0.581. The molecule has 0 aromatic rings. The van der Waals surface area contributed by atoms with Crippen molar-refractivity contribution in [1.82, 2.24) is 4.90 Å². The number of rotatable bonds is 3. The molecule has 0 saturated carbocycles. The first-order chi connectivity index (χ1) is 6.83. The van der Waals surface area contributed by atoms with Crippen LogP contribution in [0.4, 0.5) is 0 Å². The molecule has 1 rings (SSSR count). The first-order valence-corrected chi connectivity index (χ1v) is 5.31. The second kappa shape index (κ2) is 3.93. The number of hydrogen-bond acceptors (Lipinski definition) is 3. The van der Waals surface area contributed by atoms with Gasteiger partial charge in [0.05, 0.1) is 0 Å². The Kier molecular flexibility index (Phi) is 3.19. The minimum atomic E-state index is -0.581. The highest BCUT2D eigenvalue weighted by Crippen LogP contribution is 2.32. The summed E-state index contributed by atoms with van der Waals surface area (Å²) in [4.78, 5) is 25.1. The predicted molar refractivity (Wildman–Crippen MR) is 56.0 cm³/mol. The zero-order valence-corrected chi connectivity index (χ0v) is 9.78. The molecule has 1 heterocycles. The minimum Gasteiger partial charge on any atom is -0.396 e. The fraction of sp³-hybridized carbons (Fsp3) is 0.818. The lowest BCUT2D eigenvalue weighted by molar-refractivity contribution is -0.146. The van der Waals surface area contributed by atoms with Crippen LogP contribution in [0.25, 0.3) is 0 Å². The fourth-order valence-electron chi connectivity index (χ4n) is 1.93. The van der Waals surface area contributed by atoms with Gasteiger partial charge in [-0.1, -0.05) is 13.8 Å². The Labute approximate surface area is 90.3 Å². The van der Waals surface area contributed by atoms with Crippen LogP contribution in [-0.4, -0.2) is 34.0 Å². The van der Waals surface area contributed by atoms with Gasteiger partial charge in [0.1, 0.15) is 0 Å². The molecule has 1 fully saturated rings. The Balaban J connectivity index is 2.96. The van der Waals surface area contributed by atoms with Crippen LogP contribution in [0.5, 0.6) is 0 Å². The van der Waals surface area contributed by atoms with Gasteiger partial charge in [0.15, 0.2) is 0 Å². The van der Waals surface area contributed by atoms with Gasteiger partial charge in [0, 0.05) is 24.0 Å². The Morgan fingerprint density at radius 1 is 1.20 bits per heavy atom. The van der Waals surface area contributed by atoms with E-state index in [9.17, 15) is 9.59 Å². The number of carbonyl (C=O) groups is 2. The van der Waals surface area contributed by atoms with Crippen LogP contribution in [0.2, 0.25) is 0 Å². The molecule has 1 aliphatic heterocycles. The third-order valence-electron chi connectivity index (χ3n) is 3.30. The summed E-state index contributed by atoms with van der Waals surface area (Å²) in [5, 5.41) is 8.92. The van der Waals surface area contributed by atoms with Gasteiger partial charge in [-0.15, -0.1) is 0 Å². The van der Waals surface area contributed by atoms with Gasteiger partial charge in [-0.25, -0.2) is 0 Å². The molecule has 2 atom stereocenters. The number of aliphatic hydroxyl groups is 1. The molecule has 0 aromatic carbocycles. The zero-order valence-electron chi connectivity index (χ0n) is 9.78. The molecule has 1 N–H and O–H groups in total. The molecule has 4 nitrogen and oxygen atoms in total. The van der Waals surface area contributed by atoms with Crippen LogP contribution >= 0.6 is 0 Å². The molecule has 4 heteroatoms. The molecule has 0 radical (unpaired) electrons. The van der Waals surface area contributed by atoms with Crippen molar-refractivity contribution in [2.45, 2.75) is 39.7 Å². The van der Waals surface area contributed by atoms with E-state index in [2.05, 4.69) is 0 Å². The quantitative estimate of drug-likeness (QED) is 0.705. The van der Waals surface area contributed by atoms with Gasteiger partial charge in [-0.05, 0) is 20.3 Å². The topological polar surface area (TPSA) is 57.6 Å². The van der Waals surface area contributed by atoms with Gasteiger partial charge in [0.25, 0.3) is 0 Å². The van der Waals surface area contributed by atoms with Crippen molar-refractivity contribution in [3.63, 3.8) is 0 Å². The van der Waals surface area contributed by atoms with Crippen molar-refractivity contribution in [2.75, 3.05) is 6.61 Å². The number of likely N-dealkylation sites (tertiary alicyclic amines) is 1. The van der Waals surface area contributed by atoms with Gasteiger partial charge < -0.3 is 5.11 Å². The van der Waals surface area contributed by atoms with Gasteiger partial charge in [-0.3, -0.25) is 14.5 Å². The maximum absolute atomic E-state index is 11.9. The smallest absolute Gasteiger partial charge is 0.233 e. The Morgan fingerprint density at radius 3 is 1.93 bits per heavy atom. The molecule has 2 unspecified atom stereocenters. The average molecular weight is 213 g/mol. The van der Waals surface area contributed by atoms with Crippen molar-refractivity contribution >= 4 is 11.8 Å². The van der Waals surface area contributed by atoms with Gasteiger partial charge in [-0.2, -0.15) is 0 Å². The van der Waals surface area contributed by atoms with Crippen LogP contribution in [0.15, 0.2) is 0 Å². The number of carbonyl (C=O) groups excluding carboxylic acids is 2. The largest absolute Gasteiger partial charge is 0.396 e. The van der Waals surface area contributed by atoms with E-state index in [0.29, 0.717) is 6.42 Å². The van der Waals surface area contributed by atoms with Crippen LogP contribution in [0.1, 0.15) is 34.1 Å². The highest BCUT2D eigenvalue weighted by molar-refractivity contribution is 6.05. The number of amides is 2. The lowest BCUT2D eigenvalue weighted by Gasteiger charge is -2.33. The number of aliphatic hydroxyl groups excluding tert-OH is 1. The first kappa shape index (κ1) is 12.2. The summed E-state index contributed by atoms with van der Waals surface area (Å²) in [6.07, 6.45) is 0.421. The average Bonchev–Trinajstić information content (AvgIpc) is 2.31. The number of imide groups is 1. The second-order valence-corrected chi connectivity index (χ2v) is 4.88. The van der Waals surface area contributed by atoms with Gasteiger partial charge in [0.2, 0.25) is 11.8 Å². The highest BCUT2D eigenvalue weighted by Gasteiger charge is 2.48.